The summed E-state index contributed by atoms with van der Waals surface area (Å²) in [6, 6.07) is -4.16. The van der Waals surface area contributed by atoms with Gasteiger partial charge in [0.15, 0.2) is 0 Å². The van der Waals surface area contributed by atoms with E-state index in [0.29, 0.717) is 17.7 Å². The molecule has 1 nitrogen and oxygen atoms in total. The summed E-state index contributed by atoms with van der Waals surface area (Å²) in [5.74, 6) is -2.62. The standard InChI is InChI=1S/C9H12F5N/c10-7(8(11)12)9(13,14)15-5-3-1-2-4-6-15/h1-6H2. The van der Waals surface area contributed by atoms with Crippen LogP contribution in [0.2, 0.25) is 0 Å². The first-order valence-electron chi connectivity index (χ1n) is 4.80. The number of likely N-dealkylation sites (tertiary alicyclic amines) is 1. The van der Waals surface area contributed by atoms with E-state index in [9.17, 15) is 22.0 Å². The van der Waals surface area contributed by atoms with Gasteiger partial charge in [-0.05, 0) is 12.8 Å². The Balaban J connectivity index is 2.79. The van der Waals surface area contributed by atoms with Crippen LogP contribution < -0.4 is 0 Å². The molecule has 0 unspecified atom stereocenters. The third-order valence-electron chi connectivity index (χ3n) is 2.43. The lowest BCUT2D eigenvalue weighted by molar-refractivity contribution is -0.130. The quantitative estimate of drug-likeness (QED) is 0.517. The third-order valence-corrected chi connectivity index (χ3v) is 2.43. The molecular formula is C9H12F5N. The average molecular weight is 229 g/mol. The third kappa shape index (κ3) is 2.90. The molecule has 0 aliphatic carbocycles. The maximum atomic E-state index is 13.1. The zero-order valence-electron chi connectivity index (χ0n) is 8.08. The summed E-state index contributed by atoms with van der Waals surface area (Å²) in [5, 5.41) is 0. The highest BCUT2D eigenvalue weighted by Crippen LogP contribution is 2.34. The predicted molar refractivity (Wildman–Crippen MR) is 45.3 cm³/mol. The van der Waals surface area contributed by atoms with E-state index < -0.39 is 18.0 Å². The van der Waals surface area contributed by atoms with Crippen molar-refractivity contribution in [3.8, 4) is 0 Å². The fourth-order valence-corrected chi connectivity index (χ4v) is 1.60. The van der Waals surface area contributed by atoms with E-state index in [1.54, 1.807) is 0 Å². The van der Waals surface area contributed by atoms with Crippen LogP contribution >= 0.6 is 0 Å². The number of halogens is 5. The molecule has 0 amide bonds. The van der Waals surface area contributed by atoms with Gasteiger partial charge in [0.25, 0.3) is 0 Å². The second-order valence-electron chi connectivity index (χ2n) is 3.52. The van der Waals surface area contributed by atoms with Crippen LogP contribution in [0.25, 0.3) is 0 Å². The maximum Gasteiger partial charge on any atom is 0.363 e. The number of hydrogen-bond donors (Lipinski definition) is 0. The van der Waals surface area contributed by atoms with Crippen LogP contribution in [0, 0.1) is 0 Å². The lowest BCUT2D eigenvalue weighted by Crippen LogP contribution is -2.43. The van der Waals surface area contributed by atoms with Crippen molar-refractivity contribution in [2.24, 2.45) is 0 Å². The molecular weight excluding hydrogens is 217 g/mol. The van der Waals surface area contributed by atoms with E-state index in [-0.39, 0.29) is 13.1 Å². The molecule has 0 radical (unpaired) electrons. The summed E-state index contributed by atoms with van der Waals surface area (Å²) < 4.78 is 62.4. The molecule has 1 aliphatic rings. The molecule has 1 aliphatic heterocycles. The molecule has 0 atom stereocenters. The molecule has 0 N–H and O–H groups in total. The molecule has 0 spiro atoms. The number of rotatable bonds is 2. The fraction of sp³-hybridized carbons (Fsp3) is 0.778. The first-order valence-corrected chi connectivity index (χ1v) is 4.80. The van der Waals surface area contributed by atoms with Gasteiger partial charge in [-0.25, -0.2) is 4.90 Å². The van der Waals surface area contributed by atoms with Gasteiger partial charge in [0, 0.05) is 13.1 Å². The maximum absolute atomic E-state index is 13.1. The van der Waals surface area contributed by atoms with Crippen LogP contribution in [0.5, 0.6) is 0 Å². The zero-order chi connectivity index (χ0) is 11.5. The Morgan fingerprint density at radius 2 is 1.33 bits per heavy atom. The van der Waals surface area contributed by atoms with Crippen molar-refractivity contribution in [2.75, 3.05) is 13.1 Å². The van der Waals surface area contributed by atoms with Gasteiger partial charge >= 0.3 is 12.1 Å². The SMILES string of the molecule is FC(F)=C(F)C(F)(F)N1CCCCCC1. The van der Waals surface area contributed by atoms with Gasteiger partial charge in [-0.3, -0.25) is 0 Å². The number of nitrogens with zero attached hydrogens (tertiary/aromatic N) is 1. The fourth-order valence-electron chi connectivity index (χ4n) is 1.60. The van der Waals surface area contributed by atoms with Crippen molar-refractivity contribution < 1.29 is 22.0 Å². The average Bonchev–Trinajstić information content (AvgIpc) is 2.44. The van der Waals surface area contributed by atoms with E-state index in [0.717, 1.165) is 12.8 Å². The molecule has 15 heavy (non-hydrogen) atoms. The topological polar surface area (TPSA) is 3.24 Å². The summed E-state index contributed by atoms with van der Waals surface area (Å²) in [7, 11) is 0. The summed E-state index contributed by atoms with van der Waals surface area (Å²) >= 11 is 0. The smallest absolute Gasteiger partial charge is 0.238 e. The van der Waals surface area contributed by atoms with Crippen molar-refractivity contribution in [1.82, 2.24) is 4.90 Å². The van der Waals surface area contributed by atoms with Gasteiger partial charge in [0.05, 0.1) is 0 Å². The Labute approximate surface area is 84.6 Å². The lowest BCUT2D eigenvalue weighted by Gasteiger charge is -2.27. The van der Waals surface area contributed by atoms with Crippen LogP contribution in [0.4, 0.5) is 22.0 Å². The molecule has 0 saturated carbocycles. The highest BCUT2D eigenvalue weighted by atomic mass is 19.3. The molecule has 0 bridgehead atoms. The van der Waals surface area contributed by atoms with E-state index in [1.807, 2.05) is 0 Å². The van der Waals surface area contributed by atoms with Gasteiger partial charge in [-0.15, -0.1) is 0 Å². The minimum Gasteiger partial charge on any atom is -0.238 e. The largest absolute Gasteiger partial charge is 0.363 e. The van der Waals surface area contributed by atoms with Gasteiger partial charge in [0.1, 0.15) is 0 Å². The van der Waals surface area contributed by atoms with Crippen molar-refractivity contribution in [3.63, 3.8) is 0 Å². The molecule has 88 valence electrons. The number of hydrogen-bond acceptors (Lipinski definition) is 1. The molecule has 1 rings (SSSR count). The van der Waals surface area contributed by atoms with Crippen molar-refractivity contribution in [3.05, 3.63) is 11.9 Å². The molecule has 0 aromatic heterocycles. The lowest BCUT2D eigenvalue weighted by atomic mass is 10.2. The highest BCUT2D eigenvalue weighted by Gasteiger charge is 2.45. The van der Waals surface area contributed by atoms with E-state index >= 15 is 0 Å². The molecule has 1 saturated heterocycles. The Morgan fingerprint density at radius 1 is 0.867 bits per heavy atom. The zero-order valence-corrected chi connectivity index (χ0v) is 8.08. The van der Waals surface area contributed by atoms with E-state index in [4.69, 9.17) is 0 Å². The van der Waals surface area contributed by atoms with Gasteiger partial charge in [0.2, 0.25) is 5.83 Å². The van der Waals surface area contributed by atoms with Gasteiger partial charge in [-0.1, -0.05) is 12.8 Å². The van der Waals surface area contributed by atoms with E-state index in [1.165, 1.54) is 0 Å². The second-order valence-corrected chi connectivity index (χ2v) is 3.52. The van der Waals surface area contributed by atoms with Crippen LogP contribution in [-0.2, 0) is 0 Å². The van der Waals surface area contributed by atoms with E-state index in [2.05, 4.69) is 0 Å². The van der Waals surface area contributed by atoms with Crippen molar-refractivity contribution in [1.29, 1.82) is 0 Å². The summed E-state index contributed by atoms with van der Waals surface area (Å²) in [4.78, 5) is 0.481. The van der Waals surface area contributed by atoms with Crippen LogP contribution in [-0.4, -0.2) is 24.0 Å². The number of alkyl halides is 2. The molecule has 1 heterocycles. The summed E-state index contributed by atoms with van der Waals surface area (Å²) in [5.41, 5.74) is 0. The summed E-state index contributed by atoms with van der Waals surface area (Å²) in [6.07, 6.45) is -0.427. The van der Waals surface area contributed by atoms with Crippen LogP contribution in [0.3, 0.4) is 0 Å². The Morgan fingerprint density at radius 3 is 1.73 bits per heavy atom. The molecule has 6 heteroatoms. The van der Waals surface area contributed by atoms with Crippen LogP contribution in [0.1, 0.15) is 25.7 Å². The molecule has 0 aromatic rings. The molecule has 1 fully saturated rings. The van der Waals surface area contributed by atoms with Crippen LogP contribution in [0.15, 0.2) is 11.9 Å². The first-order chi connectivity index (χ1) is 6.96. The molecule has 0 aromatic carbocycles. The second kappa shape index (κ2) is 4.92. The Bertz CT molecular complexity index is 239. The first kappa shape index (κ1) is 12.4. The minimum atomic E-state index is -4.16. The predicted octanol–water partition coefficient (Wildman–Crippen LogP) is 3.53. The Kier molecular flexibility index (Phi) is 4.07. The monoisotopic (exact) mass is 229 g/mol. The van der Waals surface area contributed by atoms with Crippen molar-refractivity contribution in [2.45, 2.75) is 31.7 Å². The Hall–Kier alpha value is -0.650. The normalized spacial score (nSPS) is 19.8. The van der Waals surface area contributed by atoms with Gasteiger partial charge < -0.3 is 0 Å². The van der Waals surface area contributed by atoms with Crippen molar-refractivity contribution >= 4 is 0 Å². The van der Waals surface area contributed by atoms with Gasteiger partial charge in [-0.2, -0.15) is 22.0 Å². The summed E-state index contributed by atoms with van der Waals surface area (Å²) in [6.45, 7) is -0.0958. The minimum absolute atomic E-state index is 0.0479. The highest BCUT2D eigenvalue weighted by molar-refractivity contribution is 5.04.